The van der Waals surface area contributed by atoms with Crippen LogP contribution in [0.5, 0.6) is 0 Å². The zero-order valence-electron chi connectivity index (χ0n) is 15.0. The van der Waals surface area contributed by atoms with Crippen molar-refractivity contribution in [1.82, 2.24) is 0 Å². The largest absolute Gasteiger partial charge is 0.303 e. The predicted octanol–water partition coefficient (Wildman–Crippen LogP) is 6.60. The molecule has 0 bridgehead atoms. The van der Waals surface area contributed by atoms with Crippen LogP contribution in [0.1, 0.15) is 71.3 Å². The molecule has 0 aliphatic rings. The Morgan fingerprint density at radius 1 is 1.00 bits per heavy atom. The molecule has 0 amide bonds. The van der Waals surface area contributed by atoms with Crippen LogP contribution in [-0.2, 0) is 23.4 Å². The van der Waals surface area contributed by atoms with E-state index in [4.69, 9.17) is 0 Å². The number of hydrogen-bond acceptors (Lipinski definition) is 1. The van der Waals surface area contributed by atoms with Crippen LogP contribution in [-0.4, -0.2) is 6.29 Å². The zero-order valence-corrected chi connectivity index (χ0v) is 16.4. The van der Waals surface area contributed by atoms with Gasteiger partial charge in [0.2, 0.25) is 0 Å². The van der Waals surface area contributed by atoms with E-state index < -0.39 is 0 Å². The molecule has 0 aliphatic carbocycles. The third-order valence-corrected chi connectivity index (χ3v) is 3.29. The van der Waals surface area contributed by atoms with Crippen molar-refractivity contribution in [1.29, 1.82) is 0 Å². The summed E-state index contributed by atoms with van der Waals surface area (Å²) in [6, 6.07) is 10.6. The molecule has 0 N–H and O–H groups in total. The molecular weight excluding hydrogens is 319 g/mol. The molecule has 0 saturated carbocycles. The van der Waals surface area contributed by atoms with Gasteiger partial charge in [-0.3, -0.25) is 0 Å². The summed E-state index contributed by atoms with van der Waals surface area (Å²) < 4.78 is 0. The van der Waals surface area contributed by atoms with Gasteiger partial charge in [-0.1, -0.05) is 88.1 Å². The third kappa shape index (κ3) is 14.3. The van der Waals surface area contributed by atoms with Crippen LogP contribution in [0.4, 0.5) is 0 Å². The van der Waals surface area contributed by atoms with Crippen molar-refractivity contribution in [3.8, 4) is 0 Å². The van der Waals surface area contributed by atoms with Gasteiger partial charge in [-0.25, -0.2) is 0 Å². The molecule has 0 fully saturated rings. The van der Waals surface area contributed by atoms with Gasteiger partial charge in [-0.15, -0.1) is 0 Å². The van der Waals surface area contributed by atoms with Crippen LogP contribution in [0.2, 0.25) is 0 Å². The molecular formula is C21H32OV. The SMILES string of the molecule is C/C=C\C(=C/CCCCCCC)c1ccccc1.CCC=O.[V]. The van der Waals surface area contributed by atoms with E-state index >= 15 is 0 Å². The van der Waals surface area contributed by atoms with E-state index in [1.54, 1.807) is 0 Å². The Labute approximate surface area is 155 Å². The monoisotopic (exact) mass is 351 g/mol. The Morgan fingerprint density at radius 2 is 1.61 bits per heavy atom. The number of benzene rings is 1. The quantitative estimate of drug-likeness (QED) is 0.278. The van der Waals surface area contributed by atoms with Crippen LogP contribution >= 0.6 is 0 Å². The van der Waals surface area contributed by atoms with Crippen LogP contribution in [0.3, 0.4) is 0 Å². The fourth-order valence-electron chi connectivity index (χ4n) is 2.10. The summed E-state index contributed by atoms with van der Waals surface area (Å²) >= 11 is 0. The second kappa shape index (κ2) is 19.0. The van der Waals surface area contributed by atoms with Gasteiger partial charge in [0.25, 0.3) is 0 Å². The maximum Gasteiger partial charge on any atom is 0.119 e. The van der Waals surface area contributed by atoms with Gasteiger partial charge in [0, 0.05) is 25.0 Å². The molecule has 1 nitrogen and oxygen atoms in total. The molecule has 1 radical (unpaired) electrons. The summed E-state index contributed by atoms with van der Waals surface area (Å²) in [5.74, 6) is 0. The molecule has 0 aromatic heterocycles. The fourth-order valence-corrected chi connectivity index (χ4v) is 2.10. The number of carbonyl (C=O) groups is 1. The average Bonchev–Trinajstić information content (AvgIpc) is 2.58. The summed E-state index contributed by atoms with van der Waals surface area (Å²) in [5, 5.41) is 0. The topological polar surface area (TPSA) is 17.1 Å². The van der Waals surface area contributed by atoms with Crippen molar-refractivity contribution in [2.24, 2.45) is 0 Å². The number of aldehydes is 1. The van der Waals surface area contributed by atoms with Gasteiger partial charge < -0.3 is 4.79 Å². The van der Waals surface area contributed by atoms with Crippen molar-refractivity contribution in [2.75, 3.05) is 0 Å². The molecule has 1 aromatic carbocycles. The van der Waals surface area contributed by atoms with Crippen LogP contribution in [0.25, 0.3) is 5.57 Å². The number of unbranched alkanes of at least 4 members (excludes halogenated alkanes) is 5. The maximum absolute atomic E-state index is 9.17. The first-order valence-corrected chi connectivity index (χ1v) is 8.62. The van der Waals surface area contributed by atoms with Gasteiger partial charge in [0.05, 0.1) is 0 Å². The number of allylic oxidation sites excluding steroid dienone is 4. The standard InChI is InChI=1S/C18H26.C3H6O.V/c1-3-5-6-7-8-10-14-17(13-4-2)18-15-11-9-12-16-18;1-2-3-4;/h4,9,11-16H,3,5-8,10H2,1-2H3;3H,2H2,1H3;/b13-4-,17-14+;;. The number of hydrogen-bond donors (Lipinski definition) is 0. The normalized spacial score (nSPS) is 10.7. The second-order valence-electron chi connectivity index (χ2n) is 5.30. The molecule has 0 spiro atoms. The van der Waals surface area contributed by atoms with Crippen molar-refractivity contribution in [2.45, 2.75) is 65.7 Å². The summed E-state index contributed by atoms with van der Waals surface area (Å²) in [6.45, 7) is 6.16. The van der Waals surface area contributed by atoms with Gasteiger partial charge in [0.15, 0.2) is 0 Å². The van der Waals surface area contributed by atoms with Gasteiger partial charge in [-0.05, 0) is 30.9 Å². The van der Waals surface area contributed by atoms with E-state index in [9.17, 15) is 4.79 Å². The van der Waals surface area contributed by atoms with E-state index in [-0.39, 0.29) is 18.6 Å². The summed E-state index contributed by atoms with van der Waals surface area (Å²) in [7, 11) is 0. The third-order valence-electron chi connectivity index (χ3n) is 3.29. The second-order valence-corrected chi connectivity index (χ2v) is 5.30. The van der Waals surface area contributed by atoms with Crippen molar-refractivity contribution in [3.63, 3.8) is 0 Å². The molecule has 1 rings (SSSR count). The Morgan fingerprint density at radius 3 is 2.13 bits per heavy atom. The minimum atomic E-state index is 0. The molecule has 0 aliphatic heterocycles. The Kier molecular flexibility index (Phi) is 20.0. The first-order chi connectivity index (χ1) is 10.8. The fraction of sp³-hybridized carbons (Fsp3) is 0.476. The number of rotatable bonds is 9. The summed E-state index contributed by atoms with van der Waals surface area (Å²) in [6.07, 6.45) is 16.2. The Bertz CT molecular complexity index is 421. The molecule has 0 atom stereocenters. The molecule has 0 unspecified atom stereocenters. The molecule has 127 valence electrons. The molecule has 0 saturated heterocycles. The molecule has 23 heavy (non-hydrogen) atoms. The maximum atomic E-state index is 9.17. The zero-order chi connectivity index (χ0) is 16.5. The van der Waals surface area contributed by atoms with Gasteiger partial charge >= 0.3 is 0 Å². The first-order valence-electron chi connectivity index (χ1n) is 8.62. The average molecular weight is 351 g/mol. The first kappa shape index (κ1) is 24.2. The minimum absolute atomic E-state index is 0. The predicted molar refractivity (Wildman–Crippen MR) is 99.0 cm³/mol. The van der Waals surface area contributed by atoms with Crippen LogP contribution in [0.15, 0.2) is 48.6 Å². The summed E-state index contributed by atoms with van der Waals surface area (Å²) in [4.78, 5) is 9.17. The van der Waals surface area contributed by atoms with Crippen LogP contribution < -0.4 is 0 Å². The van der Waals surface area contributed by atoms with Crippen molar-refractivity contribution < 1.29 is 23.4 Å². The van der Waals surface area contributed by atoms with Crippen LogP contribution in [0, 0.1) is 0 Å². The molecule has 2 heteroatoms. The van der Waals surface area contributed by atoms with E-state index in [0.717, 1.165) is 6.29 Å². The van der Waals surface area contributed by atoms with E-state index in [2.05, 4.69) is 62.4 Å². The molecule has 0 heterocycles. The van der Waals surface area contributed by atoms with Crippen molar-refractivity contribution >= 4 is 11.9 Å². The van der Waals surface area contributed by atoms with Gasteiger partial charge in [0.1, 0.15) is 6.29 Å². The number of carbonyl (C=O) groups excluding carboxylic acids is 1. The van der Waals surface area contributed by atoms with E-state index in [1.807, 2.05) is 6.92 Å². The van der Waals surface area contributed by atoms with Gasteiger partial charge in [-0.2, -0.15) is 0 Å². The summed E-state index contributed by atoms with van der Waals surface area (Å²) in [5.41, 5.74) is 2.68. The Hall–Kier alpha value is -1.05. The van der Waals surface area contributed by atoms with E-state index in [1.165, 1.54) is 49.7 Å². The van der Waals surface area contributed by atoms with E-state index in [0.29, 0.717) is 6.42 Å². The minimum Gasteiger partial charge on any atom is -0.303 e. The molecule has 1 aromatic rings. The Balaban J connectivity index is 0. The smallest absolute Gasteiger partial charge is 0.119 e. The van der Waals surface area contributed by atoms with Crippen molar-refractivity contribution in [3.05, 3.63) is 54.1 Å².